The summed E-state index contributed by atoms with van der Waals surface area (Å²) >= 11 is 1.12. The standard InChI is InChI=1S/C9H16N2O3S2/c1-2-11(4-3-5-12)16(13,14)9-6-8(10)7-15-9/h6-7,12H,2-5,10H2,1H3. The van der Waals surface area contributed by atoms with Crippen LogP contribution in [0.25, 0.3) is 0 Å². The quantitative estimate of drug-likeness (QED) is 0.793. The first-order chi connectivity index (χ1) is 7.52. The molecule has 92 valence electrons. The first kappa shape index (κ1) is 13.4. The number of anilines is 1. The fourth-order valence-electron chi connectivity index (χ4n) is 1.29. The molecule has 1 heterocycles. The highest BCUT2D eigenvalue weighted by atomic mass is 32.2. The van der Waals surface area contributed by atoms with Crippen LogP contribution >= 0.6 is 11.3 Å². The van der Waals surface area contributed by atoms with E-state index in [1.165, 1.54) is 10.4 Å². The number of nitrogens with two attached hydrogens (primary N) is 1. The van der Waals surface area contributed by atoms with E-state index in [2.05, 4.69) is 0 Å². The van der Waals surface area contributed by atoms with Gasteiger partial charge in [-0.15, -0.1) is 11.3 Å². The van der Waals surface area contributed by atoms with E-state index >= 15 is 0 Å². The molecule has 0 saturated heterocycles. The Kier molecular flexibility index (Phi) is 4.72. The molecule has 5 nitrogen and oxygen atoms in total. The third-order valence-corrected chi connectivity index (χ3v) is 5.52. The molecule has 0 atom stereocenters. The number of rotatable bonds is 6. The summed E-state index contributed by atoms with van der Waals surface area (Å²) in [6, 6.07) is 1.46. The van der Waals surface area contributed by atoms with Gasteiger partial charge in [-0.05, 0) is 12.5 Å². The number of hydrogen-bond donors (Lipinski definition) is 2. The van der Waals surface area contributed by atoms with E-state index in [4.69, 9.17) is 10.8 Å². The number of thiophene rings is 1. The summed E-state index contributed by atoms with van der Waals surface area (Å²) < 4.78 is 25.8. The van der Waals surface area contributed by atoms with Crippen LogP contribution in [0.2, 0.25) is 0 Å². The minimum atomic E-state index is -3.44. The highest BCUT2D eigenvalue weighted by Gasteiger charge is 2.23. The zero-order valence-electron chi connectivity index (χ0n) is 9.09. The summed E-state index contributed by atoms with van der Waals surface area (Å²) in [5.74, 6) is 0. The molecule has 3 N–H and O–H groups in total. The van der Waals surface area contributed by atoms with Crippen molar-refractivity contribution in [3.05, 3.63) is 11.4 Å². The van der Waals surface area contributed by atoms with Gasteiger partial charge in [0.05, 0.1) is 0 Å². The maximum atomic E-state index is 12.1. The monoisotopic (exact) mass is 264 g/mol. The van der Waals surface area contributed by atoms with Crippen molar-refractivity contribution in [1.82, 2.24) is 4.31 Å². The molecule has 0 fully saturated rings. The number of aliphatic hydroxyl groups excluding tert-OH is 1. The molecule has 0 aliphatic heterocycles. The molecular formula is C9H16N2O3S2. The Bertz CT molecular complexity index is 428. The SMILES string of the molecule is CCN(CCCO)S(=O)(=O)c1cc(N)cs1. The Hall–Kier alpha value is -0.630. The average molecular weight is 264 g/mol. The van der Waals surface area contributed by atoms with Crippen molar-refractivity contribution >= 4 is 27.0 Å². The number of aliphatic hydroxyl groups is 1. The lowest BCUT2D eigenvalue weighted by Gasteiger charge is -2.18. The van der Waals surface area contributed by atoms with Crippen LogP contribution in [-0.4, -0.2) is 37.5 Å². The van der Waals surface area contributed by atoms with Gasteiger partial charge in [0.2, 0.25) is 0 Å². The number of hydrogen-bond acceptors (Lipinski definition) is 5. The molecule has 1 aromatic heterocycles. The van der Waals surface area contributed by atoms with Crippen LogP contribution < -0.4 is 5.73 Å². The van der Waals surface area contributed by atoms with Crippen molar-refractivity contribution in [2.75, 3.05) is 25.4 Å². The van der Waals surface area contributed by atoms with Crippen molar-refractivity contribution < 1.29 is 13.5 Å². The van der Waals surface area contributed by atoms with Gasteiger partial charge in [0, 0.05) is 30.8 Å². The molecule has 0 aliphatic rings. The van der Waals surface area contributed by atoms with Gasteiger partial charge >= 0.3 is 0 Å². The summed E-state index contributed by atoms with van der Waals surface area (Å²) in [6.45, 7) is 2.47. The van der Waals surface area contributed by atoms with E-state index in [-0.39, 0.29) is 10.8 Å². The second-order valence-electron chi connectivity index (χ2n) is 3.27. The van der Waals surface area contributed by atoms with E-state index in [1.54, 1.807) is 12.3 Å². The van der Waals surface area contributed by atoms with Crippen LogP contribution in [0.1, 0.15) is 13.3 Å². The molecule has 0 saturated carbocycles. The number of nitrogen functional groups attached to an aromatic ring is 1. The van der Waals surface area contributed by atoms with Crippen LogP contribution in [0.15, 0.2) is 15.7 Å². The first-order valence-electron chi connectivity index (χ1n) is 4.97. The molecule has 1 rings (SSSR count). The molecule has 0 spiro atoms. The third-order valence-electron chi connectivity index (χ3n) is 2.11. The average Bonchev–Trinajstić information content (AvgIpc) is 2.66. The van der Waals surface area contributed by atoms with Gasteiger partial charge in [0.25, 0.3) is 10.0 Å². The first-order valence-corrected chi connectivity index (χ1v) is 7.29. The van der Waals surface area contributed by atoms with Gasteiger partial charge in [-0.1, -0.05) is 6.92 Å². The predicted molar refractivity (Wildman–Crippen MR) is 64.9 cm³/mol. The Labute approximate surface area is 99.6 Å². The molecular weight excluding hydrogens is 248 g/mol. The van der Waals surface area contributed by atoms with Crippen molar-refractivity contribution in [3.63, 3.8) is 0 Å². The van der Waals surface area contributed by atoms with Gasteiger partial charge in [-0.2, -0.15) is 4.31 Å². The maximum absolute atomic E-state index is 12.1. The van der Waals surface area contributed by atoms with E-state index in [0.29, 0.717) is 25.2 Å². The van der Waals surface area contributed by atoms with E-state index in [0.717, 1.165) is 11.3 Å². The molecule has 1 aromatic rings. The molecule has 16 heavy (non-hydrogen) atoms. The maximum Gasteiger partial charge on any atom is 0.252 e. The number of sulfonamides is 1. The van der Waals surface area contributed by atoms with Crippen molar-refractivity contribution in [1.29, 1.82) is 0 Å². The zero-order chi connectivity index (χ0) is 12.2. The smallest absolute Gasteiger partial charge is 0.252 e. The highest BCUT2D eigenvalue weighted by Crippen LogP contribution is 2.24. The molecule has 7 heteroatoms. The largest absolute Gasteiger partial charge is 0.398 e. The summed E-state index contributed by atoms with van der Waals surface area (Å²) in [5, 5.41) is 10.3. The van der Waals surface area contributed by atoms with Gasteiger partial charge in [0.15, 0.2) is 0 Å². The zero-order valence-corrected chi connectivity index (χ0v) is 10.7. The van der Waals surface area contributed by atoms with Crippen molar-refractivity contribution in [2.24, 2.45) is 0 Å². The lowest BCUT2D eigenvalue weighted by Crippen LogP contribution is -2.31. The van der Waals surface area contributed by atoms with Crippen LogP contribution in [0, 0.1) is 0 Å². The summed E-state index contributed by atoms with van der Waals surface area (Å²) in [5.41, 5.74) is 5.96. The molecule has 0 amide bonds. The fraction of sp³-hybridized carbons (Fsp3) is 0.556. The minimum absolute atomic E-state index is 0.0153. The second-order valence-corrected chi connectivity index (χ2v) is 6.35. The third kappa shape index (κ3) is 2.94. The number of nitrogens with zero attached hydrogens (tertiary/aromatic N) is 1. The summed E-state index contributed by atoms with van der Waals surface area (Å²) in [4.78, 5) is 0. The van der Waals surface area contributed by atoms with Crippen molar-refractivity contribution in [2.45, 2.75) is 17.6 Å². The lowest BCUT2D eigenvalue weighted by atomic mass is 10.4. The van der Waals surface area contributed by atoms with Crippen LogP contribution in [0.5, 0.6) is 0 Å². The van der Waals surface area contributed by atoms with Gasteiger partial charge in [-0.3, -0.25) is 0 Å². The molecule has 0 unspecified atom stereocenters. The fourth-order valence-corrected chi connectivity index (χ4v) is 4.01. The predicted octanol–water partition coefficient (Wildman–Crippen LogP) is 0.723. The van der Waals surface area contributed by atoms with Crippen LogP contribution in [0.3, 0.4) is 0 Å². The van der Waals surface area contributed by atoms with Crippen molar-refractivity contribution in [3.8, 4) is 0 Å². The molecule has 0 radical (unpaired) electrons. The van der Waals surface area contributed by atoms with Gasteiger partial charge < -0.3 is 10.8 Å². The normalized spacial score (nSPS) is 12.2. The Morgan fingerprint density at radius 3 is 2.69 bits per heavy atom. The van der Waals surface area contributed by atoms with Crippen LogP contribution in [-0.2, 0) is 10.0 Å². The lowest BCUT2D eigenvalue weighted by molar-refractivity contribution is 0.271. The Morgan fingerprint density at radius 1 is 1.56 bits per heavy atom. The minimum Gasteiger partial charge on any atom is -0.398 e. The van der Waals surface area contributed by atoms with E-state index < -0.39 is 10.0 Å². The Balaban J connectivity index is 2.90. The Morgan fingerprint density at radius 2 is 2.25 bits per heavy atom. The van der Waals surface area contributed by atoms with Gasteiger partial charge in [0.1, 0.15) is 4.21 Å². The van der Waals surface area contributed by atoms with Crippen LogP contribution in [0.4, 0.5) is 5.69 Å². The second kappa shape index (κ2) is 5.62. The van der Waals surface area contributed by atoms with E-state index in [9.17, 15) is 8.42 Å². The van der Waals surface area contributed by atoms with Gasteiger partial charge in [-0.25, -0.2) is 8.42 Å². The summed E-state index contributed by atoms with van der Waals surface area (Å²) in [6.07, 6.45) is 0.438. The topological polar surface area (TPSA) is 83.6 Å². The molecule has 0 aromatic carbocycles. The summed E-state index contributed by atoms with van der Waals surface area (Å²) in [7, 11) is -3.44. The van der Waals surface area contributed by atoms with E-state index in [1.807, 2.05) is 0 Å². The molecule has 0 aliphatic carbocycles. The molecule has 0 bridgehead atoms. The highest BCUT2D eigenvalue weighted by molar-refractivity contribution is 7.91.